The number of aromatic nitrogens is 2. The van der Waals surface area contributed by atoms with Crippen LogP contribution in [-0.4, -0.2) is 35.3 Å². The van der Waals surface area contributed by atoms with Crippen LogP contribution in [0.2, 0.25) is 0 Å². The minimum Gasteiger partial charge on any atom is -0.392 e. The van der Waals surface area contributed by atoms with Gasteiger partial charge in [-0.15, -0.1) is 0 Å². The molecule has 38 heavy (non-hydrogen) atoms. The van der Waals surface area contributed by atoms with Crippen molar-refractivity contribution in [3.63, 3.8) is 0 Å². The minimum absolute atomic E-state index is 0.0196. The fraction of sp³-hybridized carbons (Fsp3) is 0.214. The molecule has 1 aromatic heterocycles. The van der Waals surface area contributed by atoms with Gasteiger partial charge in [-0.2, -0.15) is 0 Å². The zero-order valence-electron chi connectivity index (χ0n) is 20.4. The molecule has 0 radical (unpaired) electrons. The van der Waals surface area contributed by atoms with Crippen LogP contribution < -0.4 is 4.72 Å². The highest BCUT2D eigenvalue weighted by molar-refractivity contribution is 7.99. The van der Waals surface area contributed by atoms with E-state index in [1.54, 1.807) is 73.1 Å². The van der Waals surface area contributed by atoms with E-state index in [4.69, 9.17) is 9.47 Å². The van der Waals surface area contributed by atoms with E-state index < -0.39 is 16.3 Å². The molecule has 1 fully saturated rings. The van der Waals surface area contributed by atoms with Crippen LogP contribution in [0.25, 0.3) is 0 Å². The van der Waals surface area contributed by atoms with Gasteiger partial charge in [0.2, 0.25) is 0 Å². The molecule has 3 atom stereocenters. The van der Waals surface area contributed by atoms with Crippen LogP contribution in [0.4, 0.5) is 5.69 Å². The zero-order chi connectivity index (χ0) is 26.4. The summed E-state index contributed by atoms with van der Waals surface area (Å²) in [7, 11) is -3.69. The average Bonchev–Trinajstić information content (AvgIpc) is 2.97. The molecule has 3 aromatic carbocycles. The van der Waals surface area contributed by atoms with Gasteiger partial charge in [-0.3, -0.25) is 4.72 Å². The van der Waals surface area contributed by atoms with Crippen LogP contribution in [0.5, 0.6) is 0 Å². The molecule has 2 N–H and O–H groups in total. The molecule has 1 saturated heterocycles. The minimum atomic E-state index is -3.69. The first kappa shape index (κ1) is 26.3. The molecule has 0 aliphatic carbocycles. The molecule has 1 aliphatic heterocycles. The van der Waals surface area contributed by atoms with Gasteiger partial charge >= 0.3 is 0 Å². The Balaban J connectivity index is 1.33. The first-order valence-electron chi connectivity index (χ1n) is 12.1. The van der Waals surface area contributed by atoms with E-state index in [-0.39, 0.29) is 23.7 Å². The van der Waals surface area contributed by atoms with Gasteiger partial charge in [0, 0.05) is 35.8 Å². The summed E-state index contributed by atoms with van der Waals surface area (Å²) in [5.41, 5.74) is 3.04. The number of nitrogens with one attached hydrogen (secondary N) is 1. The standard InChI is InChI=1S/C28H27N3O5S2/c32-18-20-7-9-21(10-8-20)26-17-24(19-37-28-29-15-4-16-30-28)35-27(36-26)22-11-13-23(14-12-22)31-38(33,34)25-5-2-1-3-6-25/h1-16,24,26-27,31-32H,17-19H2/t24-,26+,27+/m1/s1. The van der Waals surface area contributed by atoms with Gasteiger partial charge in [-0.1, -0.05) is 66.4 Å². The summed E-state index contributed by atoms with van der Waals surface area (Å²) in [5.74, 6) is 0.643. The van der Waals surface area contributed by atoms with Crippen LogP contribution in [0.3, 0.4) is 0 Å². The van der Waals surface area contributed by atoms with Crippen molar-refractivity contribution in [1.82, 2.24) is 9.97 Å². The lowest BCUT2D eigenvalue weighted by Crippen LogP contribution is -2.31. The van der Waals surface area contributed by atoms with Crippen molar-refractivity contribution in [2.24, 2.45) is 0 Å². The fourth-order valence-corrected chi connectivity index (χ4v) is 5.97. The number of aliphatic hydroxyl groups is 1. The summed E-state index contributed by atoms with van der Waals surface area (Å²) < 4.78 is 40.6. The summed E-state index contributed by atoms with van der Waals surface area (Å²) in [6, 6.07) is 24.7. The molecular weight excluding hydrogens is 522 g/mol. The molecule has 2 heterocycles. The van der Waals surface area contributed by atoms with Crippen molar-refractivity contribution in [3.05, 3.63) is 114 Å². The lowest BCUT2D eigenvalue weighted by atomic mass is 10.0. The van der Waals surface area contributed by atoms with Crippen LogP contribution >= 0.6 is 11.8 Å². The van der Waals surface area contributed by atoms with Crippen molar-refractivity contribution in [1.29, 1.82) is 0 Å². The van der Waals surface area contributed by atoms with Crippen LogP contribution in [0.1, 0.15) is 35.5 Å². The Morgan fingerprint density at radius 2 is 1.55 bits per heavy atom. The third-order valence-electron chi connectivity index (χ3n) is 6.04. The molecule has 8 nitrogen and oxygen atoms in total. The van der Waals surface area contributed by atoms with Crippen molar-refractivity contribution < 1.29 is 23.0 Å². The number of sulfonamides is 1. The predicted octanol–water partition coefficient (Wildman–Crippen LogP) is 5.11. The van der Waals surface area contributed by atoms with Crippen molar-refractivity contribution in [2.45, 2.75) is 41.6 Å². The van der Waals surface area contributed by atoms with E-state index in [2.05, 4.69) is 14.7 Å². The number of thioether (sulfide) groups is 1. The lowest BCUT2D eigenvalue weighted by molar-refractivity contribution is -0.245. The summed E-state index contributed by atoms with van der Waals surface area (Å²) in [6.45, 7) is -0.0196. The SMILES string of the molecule is O=S(=O)(Nc1ccc([C@H]2O[C@@H](CSc3ncccn3)C[C@@H](c3ccc(CO)cc3)O2)cc1)c1ccccc1. The number of benzene rings is 3. The zero-order valence-corrected chi connectivity index (χ0v) is 22.0. The van der Waals surface area contributed by atoms with E-state index >= 15 is 0 Å². The Morgan fingerprint density at radius 1 is 0.868 bits per heavy atom. The van der Waals surface area contributed by atoms with E-state index in [9.17, 15) is 13.5 Å². The van der Waals surface area contributed by atoms with Crippen molar-refractivity contribution >= 4 is 27.5 Å². The molecule has 0 unspecified atom stereocenters. The fourth-order valence-electron chi connectivity index (χ4n) is 4.07. The van der Waals surface area contributed by atoms with Gasteiger partial charge in [-0.05, 0) is 41.5 Å². The second-order valence-corrected chi connectivity index (χ2v) is 11.4. The maximum atomic E-state index is 12.7. The number of aliphatic hydroxyl groups excluding tert-OH is 1. The quantitative estimate of drug-likeness (QED) is 0.219. The largest absolute Gasteiger partial charge is 0.392 e. The summed E-state index contributed by atoms with van der Waals surface area (Å²) in [6.07, 6.45) is 3.06. The Hall–Kier alpha value is -3.28. The highest BCUT2D eigenvalue weighted by atomic mass is 32.2. The molecule has 4 aromatic rings. The maximum Gasteiger partial charge on any atom is 0.261 e. The van der Waals surface area contributed by atoms with Crippen LogP contribution in [-0.2, 0) is 26.1 Å². The molecule has 1 aliphatic rings. The van der Waals surface area contributed by atoms with E-state index in [0.717, 1.165) is 16.7 Å². The molecule has 0 amide bonds. The first-order valence-corrected chi connectivity index (χ1v) is 14.6. The molecule has 196 valence electrons. The van der Waals surface area contributed by atoms with Gasteiger partial charge in [0.25, 0.3) is 10.0 Å². The Bertz CT molecular complexity index is 1420. The Labute approximate surface area is 226 Å². The Kier molecular flexibility index (Phi) is 8.35. The Morgan fingerprint density at radius 3 is 2.24 bits per heavy atom. The predicted molar refractivity (Wildman–Crippen MR) is 145 cm³/mol. The smallest absolute Gasteiger partial charge is 0.261 e. The monoisotopic (exact) mass is 549 g/mol. The van der Waals surface area contributed by atoms with E-state index in [1.807, 2.05) is 24.3 Å². The maximum absolute atomic E-state index is 12.7. The van der Waals surface area contributed by atoms with Gasteiger partial charge in [0.1, 0.15) is 0 Å². The second-order valence-electron chi connectivity index (χ2n) is 8.73. The number of rotatable bonds is 9. The number of ether oxygens (including phenoxy) is 2. The number of anilines is 1. The number of hydrogen-bond donors (Lipinski definition) is 2. The van der Waals surface area contributed by atoms with Crippen molar-refractivity contribution in [3.8, 4) is 0 Å². The topological polar surface area (TPSA) is 111 Å². The van der Waals surface area contributed by atoms with E-state index in [0.29, 0.717) is 23.0 Å². The summed E-state index contributed by atoms with van der Waals surface area (Å²) in [4.78, 5) is 8.76. The third kappa shape index (κ3) is 6.58. The summed E-state index contributed by atoms with van der Waals surface area (Å²) in [5, 5.41) is 10.1. The molecule has 10 heteroatoms. The average molecular weight is 550 g/mol. The van der Waals surface area contributed by atoms with Gasteiger partial charge in [0.05, 0.1) is 23.7 Å². The highest BCUT2D eigenvalue weighted by Gasteiger charge is 2.32. The molecule has 0 bridgehead atoms. The summed E-state index contributed by atoms with van der Waals surface area (Å²) >= 11 is 1.52. The highest BCUT2D eigenvalue weighted by Crippen LogP contribution is 2.39. The van der Waals surface area contributed by atoms with Gasteiger partial charge < -0.3 is 14.6 Å². The third-order valence-corrected chi connectivity index (χ3v) is 8.45. The number of hydrogen-bond acceptors (Lipinski definition) is 8. The normalized spacial score (nSPS) is 19.7. The molecule has 0 spiro atoms. The van der Waals surface area contributed by atoms with Gasteiger partial charge in [0.15, 0.2) is 11.4 Å². The molecule has 0 saturated carbocycles. The van der Waals surface area contributed by atoms with E-state index in [1.165, 1.54) is 11.8 Å². The van der Waals surface area contributed by atoms with Crippen LogP contribution in [0.15, 0.2) is 107 Å². The van der Waals surface area contributed by atoms with Crippen LogP contribution in [0, 0.1) is 0 Å². The van der Waals surface area contributed by atoms with Gasteiger partial charge in [-0.25, -0.2) is 18.4 Å². The lowest BCUT2D eigenvalue weighted by Gasteiger charge is -2.36. The molecule has 5 rings (SSSR count). The molecular formula is C28H27N3O5S2. The van der Waals surface area contributed by atoms with Crippen molar-refractivity contribution in [2.75, 3.05) is 10.5 Å². The second kappa shape index (κ2) is 12.1. The first-order chi connectivity index (χ1) is 18.5. The number of nitrogens with zero attached hydrogens (tertiary/aromatic N) is 2.